The summed E-state index contributed by atoms with van der Waals surface area (Å²) in [4.78, 5) is 25.4. The van der Waals surface area contributed by atoms with Gasteiger partial charge in [0.05, 0.1) is 12.6 Å². The Bertz CT molecular complexity index is 559. The highest BCUT2D eigenvalue weighted by Gasteiger charge is 2.21. The van der Waals surface area contributed by atoms with E-state index in [-0.39, 0.29) is 24.0 Å². The molecule has 1 aliphatic heterocycles. The highest BCUT2D eigenvalue weighted by molar-refractivity contribution is 5.94. The maximum Gasteiger partial charge on any atom is 0.321 e. The van der Waals surface area contributed by atoms with E-state index >= 15 is 0 Å². The van der Waals surface area contributed by atoms with Gasteiger partial charge in [0.25, 0.3) is 0 Å². The van der Waals surface area contributed by atoms with Crippen LogP contribution in [0.5, 0.6) is 0 Å². The Morgan fingerprint density at radius 3 is 2.58 bits per heavy atom. The van der Waals surface area contributed by atoms with Crippen LogP contribution in [-0.2, 0) is 4.74 Å². The number of nitrogens with zero attached hydrogens (tertiary/aromatic N) is 1. The number of rotatable bonds is 7. The third-order valence-corrected chi connectivity index (χ3v) is 3.92. The molecule has 0 aromatic heterocycles. The second-order valence-electron chi connectivity index (χ2n) is 6.04. The van der Waals surface area contributed by atoms with Gasteiger partial charge in [-0.15, -0.1) is 0 Å². The molecule has 1 aromatic carbocycles. The molecule has 1 atom stereocenters. The normalized spacial score (nSPS) is 15.3. The molecule has 1 aromatic rings. The van der Waals surface area contributed by atoms with Crippen molar-refractivity contribution in [2.75, 3.05) is 36.5 Å². The van der Waals surface area contributed by atoms with Crippen LogP contribution in [0, 0.1) is 5.92 Å². The van der Waals surface area contributed by atoms with Crippen molar-refractivity contribution in [2.45, 2.75) is 26.8 Å². The van der Waals surface area contributed by atoms with E-state index in [1.165, 1.54) is 0 Å². The summed E-state index contributed by atoms with van der Waals surface area (Å²) in [5.41, 5.74) is 1.49. The molecule has 1 saturated heterocycles. The lowest BCUT2D eigenvalue weighted by Gasteiger charge is -2.22. The lowest BCUT2D eigenvalue weighted by Crippen LogP contribution is -2.44. The second kappa shape index (κ2) is 8.54. The van der Waals surface area contributed by atoms with E-state index in [1.54, 1.807) is 17.0 Å². The highest BCUT2D eigenvalue weighted by Crippen LogP contribution is 2.19. The fourth-order valence-electron chi connectivity index (χ4n) is 2.42. The summed E-state index contributed by atoms with van der Waals surface area (Å²) in [6.07, 6.45) is 0. The van der Waals surface area contributed by atoms with Gasteiger partial charge in [-0.3, -0.25) is 4.90 Å². The zero-order chi connectivity index (χ0) is 17.5. The summed E-state index contributed by atoms with van der Waals surface area (Å²) in [6.45, 7) is 8.43. The zero-order valence-electron chi connectivity index (χ0n) is 14.5. The van der Waals surface area contributed by atoms with Gasteiger partial charge in [0.1, 0.15) is 0 Å². The van der Waals surface area contributed by atoms with Crippen molar-refractivity contribution in [2.24, 2.45) is 5.92 Å². The minimum Gasteiger partial charge on any atom is -0.380 e. The SMILES string of the molecule is CCOCC(NC(=O)Nc1ccc(N2CCNC2=O)cc1)C(C)C. The highest BCUT2D eigenvalue weighted by atomic mass is 16.5. The lowest BCUT2D eigenvalue weighted by molar-refractivity contribution is 0.111. The van der Waals surface area contributed by atoms with Gasteiger partial charge in [-0.25, -0.2) is 9.59 Å². The molecular formula is C17H26N4O3. The van der Waals surface area contributed by atoms with Gasteiger partial charge in [0.2, 0.25) is 0 Å². The maximum atomic E-state index is 12.1. The molecule has 0 spiro atoms. The first-order valence-corrected chi connectivity index (χ1v) is 8.32. The van der Waals surface area contributed by atoms with Crippen LogP contribution in [0.15, 0.2) is 24.3 Å². The molecular weight excluding hydrogens is 308 g/mol. The molecule has 2 rings (SSSR count). The predicted octanol–water partition coefficient (Wildman–Crippen LogP) is 2.40. The zero-order valence-corrected chi connectivity index (χ0v) is 14.5. The van der Waals surface area contributed by atoms with Crippen LogP contribution in [-0.4, -0.2) is 44.4 Å². The van der Waals surface area contributed by atoms with Gasteiger partial charge < -0.3 is 20.7 Å². The van der Waals surface area contributed by atoms with Crippen LogP contribution in [0.25, 0.3) is 0 Å². The standard InChI is InChI=1S/C17H26N4O3/c1-4-24-11-15(12(2)3)20-16(22)19-13-5-7-14(8-6-13)21-10-9-18-17(21)23/h5-8,12,15H,4,9-11H2,1-3H3,(H,18,23)(H2,19,20,22). The van der Waals surface area contributed by atoms with Crippen molar-refractivity contribution in [1.29, 1.82) is 0 Å². The summed E-state index contributed by atoms with van der Waals surface area (Å²) in [5, 5.41) is 8.49. The Morgan fingerprint density at radius 1 is 1.33 bits per heavy atom. The third-order valence-electron chi connectivity index (χ3n) is 3.92. The smallest absolute Gasteiger partial charge is 0.321 e. The molecule has 1 unspecified atom stereocenters. The number of ether oxygens (including phenoxy) is 1. The molecule has 7 heteroatoms. The van der Waals surface area contributed by atoms with E-state index in [2.05, 4.69) is 16.0 Å². The van der Waals surface area contributed by atoms with Crippen molar-refractivity contribution in [3.05, 3.63) is 24.3 Å². The van der Waals surface area contributed by atoms with Gasteiger partial charge in [0, 0.05) is 31.1 Å². The van der Waals surface area contributed by atoms with E-state index < -0.39 is 0 Å². The molecule has 0 aliphatic carbocycles. The summed E-state index contributed by atoms with van der Waals surface area (Å²) in [7, 11) is 0. The molecule has 1 fully saturated rings. The molecule has 0 radical (unpaired) electrons. The van der Waals surface area contributed by atoms with Crippen LogP contribution < -0.4 is 20.9 Å². The second-order valence-corrected chi connectivity index (χ2v) is 6.04. The summed E-state index contributed by atoms with van der Waals surface area (Å²) >= 11 is 0. The predicted molar refractivity (Wildman–Crippen MR) is 94.5 cm³/mol. The number of benzene rings is 1. The van der Waals surface area contributed by atoms with Crippen molar-refractivity contribution < 1.29 is 14.3 Å². The average molecular weight is 334 g/mol. The van der Waals surface area contributed by atoms with Crippen LogP contribution in [0.1, 0.15) is 20.8 Å². The maximum absolute atomic E-state index is 12.1. The molecule has 4 amide bonds. The Hall–Kier alpha value is -2.28. The molecule has 24 heavy (non-hydrogen) atoms. The van der Waals surface area contributed by atoms with Gasteiger partial charge >= 0.3 is 12.1 Å². The van der Waals surface area contributed by atoms with Crippen molar-refractivity contribution in [3.63, 3.8) is 0 Å². The van der Waals surface area contributed by atoms with Gasteiger partial charge in [-0.1, -0.05) is 13.8 Å². The lowest BCUT2D eigenvalue weighted by atomic mass is 10.1. The average Bonchev–Trinajstić information content (AvgIpc) is 2.98. The van der Waals surface area contributed by atoms with Crippen LogP contribution in [0.4, 0.5) is 21.0 Å². The van der Waals surface area contributed by atoms with Crippen LogP contribution in [0.2, 0.25) is 0 Å². The number of amides is 4. The van der Waals surface area contributed by atoms with Crippen LogP contribution >= 0.6 is 0 Å². The van der Waals surface area contributed by atoms with Crippen molar-refractivity contribution in [1.82, 2.24) is 10.6 Å². The number of anilines is 2. The van der Waals surface area contributed by atoms with Gasteiger partial charge in [-0.05, 0) is 37.1 Å². The molecule has 132 valence electrons. The third kappa shape index (κ3) is 4.86. The largest absolute Gasteiger partial charge is 0.380 e. The number of urea groups is 2. The molecule has 1 aliphatic rings. The Labute approximate surface area is 142 Å². The van der Waals surface area contributed by atoms with E-state index in [9.17, 15) is 9.59 Å². The number of carbonyl (C=O) groups is 2. The molecule has 7 nitrogen and oxygen atoms in total. The van der Waals surface area contributed by atoms with Gasteiger partial charge in [-0.2, -0.15) is 0 Å². The fourth-order valence-corrected chi connectivity index (χ4v) is 2.42. The number of hydrogen-bond donors (Lipinski definition) is 3. The van der Waals surface area contributed by atoms with Crippen molar-refractivity contribution in [3.8, 4) is 0 Å². The van der Waals surface area contributed by atoms with Crippen molar-refractivity contribution >= 4 is 23.4 Å². The minimum absolute atomic E-state index is 0.0440. The summed E-state index contributed by atoms with van der Waals surface area (Å²) < 4.78 is 5.40. The number of carbonyl (C=O) groups excluding carboxylic acids is 2. The molecule has 0 saturated carbocycles. The van der Waals surface area contributed by atoms with E-state index in [0.29, 0.717) is 32.0 Å². The van der Waals surface area contributed by atoms with Gasteiger partial charge in [0.15, 0.2) is 0 Å². The number of hydrogen-bond acceptors (Lipinski definition) is 3. The fraction of sp³-hybridized carbons (Fsp3) is 0.529. The van der Waals surface area contributed by atoms with E-state index in [1.807, 2.05) is 32.9 Å². The summed E-state index contributed by atoms with van der Waals surface area (Å²) in [5.74, 6) is 0.276. The molecule has 0 bridgehead atoms. The Morgan fingerprint density at radius 2 is 2.04 bits per heavy atom. The molecule has 3 N–H and O–H groups in total. The first kappa shape index (κ1) is 18.1. The monoisotopic (exact) mass is 334 g/mol. The topological polar surface area (TPSA) is 82.7 Å². The van der Waals surface area contributed by atoms with E-state index in [4.69, 9.17) is 4.74 Å². The summed E-state index contributed by atoms with van der Waals surface area (Å²) in [6, 6.07) is 6.81. The quantitative estimate of drug-likeness (QED) is 0.716. The Balaban J connectivity index is 1.90. The Kier molecular flexibility index (Phi) is 6.43. The number of nitrogens with one attached hydrogen (secondary N) is 3. The van der Waals surface area contributed by atoms with Crippen LogP contribution in [0.3, 0.4) is 0 Å². The van der Waals surface area contributed by atoms with E-state index in [0.717, 1.165) is 5.69 Å². The minimum atomic E-state index is -0.264. The first-order valence-electron chi connectivity index (χ1n) is 8.32. The molecule has 1 heterocycles. The first-order chi connectivity index (χ1) is 11.5.